The standard InChI is InChI=1S/C26H31ClN4O2S3/c1-25(2,3)18-11-16(12-19(22(18)33)26(4,5)6)13-28-29-21(32)15-35-24-31-30-23(36-24)34-14-17-9-7-8-10-20(17)27/h7-13,33H,14-15H2,1-6H3,(H,29,32)/b28-13-. The first-order valence-electron chi connectivity index (χ1n) is 11.4. The molecule has 3 aromatic rings. The Balaban J connectivity index is 1.56. The first kappa shape index (κ1) is 28.5. The van der Waals surface area contributed by atoms with Crippen molar-refractivity contribution in [2.45, 2.75) is 66.8 Å². The number of nitrogens with zero attached hydrogens (tertiary/aromatic N) is 3. The van der Waals surface area contributed by atoms with Gasteiger partial charge in [0.2, 0.25) is 0 Å². The number of hydrogen-bond acceptors (Lipinski definition) is 8. The third-order valence-electron chi connectivity index (χ3n) is 5.17. The van der Waals surface area contributed by atoms with Crippen molar-refractivity contribution in [3.8, 4) is 5.75 Å². The Morgan fingerprint density at radius 1 is 1.06 bits per heavy atom. The van der Waals surface area contributed by atoms with E-state index in [2.05, 4.69) is 62.3 Å². The van der Waals surface area contributed by atoms with Gasteiger partial charge in [-0.3, -0.25) is 4.79 Å². The molecule has 0 fully saturated rings. The SMILES string of the molecule is CC(C)(C)c1cc(/C=N\NC(=O)CSc2nnc(SCc3ccccc3Cl)s2)cc(C(C)(C)C)c1O. The predicted molar refractivity (Wildman–Crippen MR) is 153 cm³/mol. The van der Waals surface area contributed by atoms with Crippen LogP contribution in [0.2, 0.25) is 5.02 Å². The number of aromatic nitrogens is 2. The summed E-state index contributed by atoms with van der Waals surface area (Å²) in [7, 11) is 0. The average molecular weight is 563 g/mol. The van der Waals surface area contributed by atoms with Gasteiger partial charge in [0.1, 0.15) is 5.75 Å². The molecule has 0 aliphatic heterocycles. The van der Waals surface area contributed by atoms with Gasteiger partial charge in [0.05, 0.1) is 12.0 Å². The van der Waals surface area contributed by atoms with Gasteiger partial charge in [-0.2, -0.15) is 5.10 Å². The highest BCUT2D eigenvalue weighted by molar-refractivity contribution is 8.03. The lowest BCUT2D eigenvalue weighted by Gasteiger charge is -2.27. The van der Waals surface area contributed by atoms with E-state index in [4.69, 9.17) is 11.6 Å². The number of rotatable bonds is 8. The summed E-state index contributed by atoms with van der Waals surface area (Å²) in [6.07, 6.45) is 1.61. The van der Waals surface area contributed by atoms with Crippen LogP contribution in [-0.2, 0) is 21.4 Å². The zero-order chi connectivity index (χ0) is 26.5. The van der Waals surface area contributed by atoms with E-state index < -0.39 is 0 Å². The highest BCUT2D eigenvalue weighted by atomic mass is 35.5. The number of amides is 1. The normalized spacial score (nSPS) is 12.3. The number of benzene rings is 2. The second-order valence-electron chi connectivity index (χ2n) is 10.3. The van der Waals surface area contributed by atoms with Crippen LogP contribution < -0.4 is 5.43 Å². The molecule has 36 heavy (non-hydrogen) atoms. The Morgan fingerprint density at radius 3 is 2.22 bits per heavy atom. The molecule has 1 heterocycles. The fraction of sp³-hybridized carbons (Fsp3) is 0.385. The lowest BCUT2D eigenvalue weighted by Crippen LogP contribution is -2.20. The van der Waals surface area contributed by atoms with Gasteiger partial charge in [-0.1, -0.05) is 106 Å². The summed E-state index contributed by atoms with van der Waals surface area (Å²) in [5.41, 5.74) is 5.66. The van der Waals surface area contributed by atoms with Gasteiger partial charge in [0.15, 0.2) is 8.68 Å². The van der Waals surface area contributed by atoms with Crippen LogP contribution >= 0.6 is 46.5 Å². The van der Waals surface area contributed by atoms with E-state index in [-0.39, 0.29) is 22.5 Å². The minimum Gasteiger partial charge on any atom is -0.507 e. The molecule has 0 radical (unpaired) electrons. The van der Waals surface area contributed by atoms with Crippen molar-refractivity contribution in [3.63, 3.8) is 0 Å². The number of phenols is 1. The molecular formula is C26H31ClN4O2S3. The maximum atomic E-state index is 12.3. The number of aromatic hydroxyl groups is 1. The number of hydrazone groups is 1. The Kier molecular flexibility index (Phi) is 9.49. The van der Waals surface area contributed by atoms with Crippen molar-refractivity contribution in [1.29, 1.82) is 0 Å². The van der Waals surface area contributed by atoms with E-state index in [1.165, 1.54) is 23.1 Å². The van der Waals surface area contributed by atoms with Crippen LogP contribution in [0, 0.1) is 0 Å². The van der Waals surface area contributed by atoms with Crippen molar-refractivity contribution in [2.75, 3.05) is 5.75 Å². The second kappa shape index (κ2) is 12.0. The van der Waals surface area contributed by atoms with Gasteiger partial charge in [0, 0.05) is 21.9 Å². The van der Waals surface area contributed by atoms with Crippen LogP contribution in [0.3, 0.4) is 0 Å². The number of phenolic OH excluding ortho intramolecular Hbond substituents is 1. The quantitative estimate of drug-likeness (QED) is 0.174. The Labute approximate surface area is 230 Å². The molecule has 2 N–H and O–H groups in total. The summed E-state index contributed by atoms with van der Waals surface area (Å²) in [6.45, 7) is 12.3. The topological polar surface area (TPSA) is 87.5 Å². The van der Waals surface area contributed by atoms with Crippen LogP contribution in [0.15, 0.2) is 50.2 Å². The van der Waals surface area contributed by atoms with E-state index in [1.807, 2.05) is 36.4 Å². The second-order valence-corrected chi connectivity index (χ2v) is 14.1. The van der Waals surface area contributed by atoms with Crippen molar-refractivity contribution < 1.29 is 9.90 Å². The monoisotopic (exact) mass is 562 g/mol. The molecular weight excluding hydrogens is 532 g/mol. The molecule has 3 rings (SSSR count). The van der Waals surface area contributed by atoms with Crippen molar-refractivity contribution in [2.24, 2.45) is 5.10 Å². The minimum absolute atomic E-state index is 0.178. The summed E-state index contributed by atoms with van der Waals surface area (Å²) < 4.78 is 1.55. The number of carbonyl (C=O) groups is 1. The highest BCUT2D eigenvalue weighted by Crippen LogP contribution is 2.39. The molecule has 0 bridgehead atoms. The zero-order valence-electron chi connectivity index (χ0n) is 21.3. The summed E-state index contributed by atoms with van der Waals surface area (Å²) in [6, 6.07) is 11.6. The molecule has 2 aromatic carbocycles. The molecule has 1 amide bonds. The van der Waals surface area contributed by atoms with Crippen LogP contribution in [0.4, 0.5) is 0 Å². The van der Waals surface area contributed by atoms with Crippen LogP contribution in [0.5, 0.6) is 5.75 Å². The van der Waals surface area contributed by atoms with E-state index >= 15 is 0 Å². The molecule has 10 heteroatoms. The molecule has 0 saturated heterocycles. The summed E-state index contributed by atoms with van der Waals surface area (Å²) in [4.78, 5) is 12.3. The largest absolute Gasteiger partial charge is 0.507 e. The fourth-order valence-corrected chi connectivity index (χ4v) is 6.38. The predicted octanol–water partition coefficient (Wildman–Crippen LogP) is 7.03. The third kappa shape index (κ3) is 7.96. The lowest BCUT2D eigenvalue weighted by molar-refractivity contribution is -0.118. The van der Waals surface area contributed by atoms with E-state index in [9.17, 15) is 9.90 Å². The van der Waals surface area contributed by atoms with Crippen LogP contribution in [0.1, 0.15) is 63.8 Å². The molecule has 0 atom stereocenters. The average Bonchev–Trinajstić information content (AvgIpc) is 3.24. The molecule has 0 unspecified atom stereocenters. The zero-order valence-corrected chi connectivity index (χ0v) is 24.5. The first-order valence-corrected chi connectivity index (χ1v) is 14.5. The fourth-order valence-electron chi connectivity index (χ4n) is 3.28. The van der Waals surface area contributed by atoms with E-state index in [0.29, 0.717) is 11.5 Å². The summed E-state index contributed by atoms with van der Waals surface area (Å²) in [5.74, 6) is 0.966. The smallest absolute Gasteiger partial charge is 0.250 e. The summed E-state index contributed by atoms with van der Waals surface area (Å²) >= 11 is 10.5. The van der Waals surface area contributed by atoms with Gasteiger partial charge in [-0.25, -0.2) is 5.43 Å². The minimum atomic E-state index is -0.236. The van der Waals surface area contributed by atoms with Gasteiger partial charge in [0.25, 0.3) is 5.91 Å². The van der Waals surface area contributed by atoms with Gasteiger partial charge in [-0.05, 0) is 40.2 Å². The Hall–Kier alpha value is -2.07. The van der Waals surface area contributed by atoms with Gasteiger partial charge in [-0.15, -0.1) is 10.2 Å². The van der Waals surface area contributed by atoms with Crippen molar-refractivity contribution in [1.82, 2.24) is 15.6 Å². The number of thioether (sulfide) groups is 2. The Bertz CT molecular complexity index is 1210. The van der Waals surface area contributed by atoms with Crippen LogP contribution in [-0.4, -0.2) is 33.2 Å². The van der Waals surface area contributed by atoms with E-state index in [0.717, 1.165) is 36.0 Å². The molecule has 0 saturated carbocycles. The molecule has 0 spiro atoms. The maximum Gasteiger partial charge on any atom is 0.250 e. The molecule has 0 aliphatic rings. The number of halogens is 1. The maximum absolute atomic E-state index is 12.3. The van der Waals surface area contributed by atoms with Crippen LogP contribution in [0.25, 0.3) is 0 Å². The number of carbonyl (C=O) groups excluding carboxylic acids is 1. The van der Waals surface area contributed by atoms with Gasteiger partial charge >= 0.3 is 0 Å². The molecule has 192 valence electrons. The molecule has 1 aromatic heterocycles. The molecule has 6 nitrogen and oxygen atoms in total. The first-order chi connectivity index (χ1) is 16.8. The number of nitrogens with one attached hydrogen (secondary N) is 1. The van der Waals surface area contributed by atoms with Gasteiger partial charge < -0.3 is 5.11 Å². The van der Waals surface area contributed by atoms with Crippen molar-refractivity contribution >= 4 is 58.6 Å². The highest BCUT2D eigenvalue weighted by Gasteiger charge is 2.26. The number of hydrogen-bond donors (Lipinski definition) is 2. The lowest BCUT2D eigenvalue weighted by atomic mass is 9.78. The van der Waals surface area contributed by atoms with Crippen molar-refractivity contribution in [3.05, 3.63) is 63.7 Å². The Morgan fingerprint density at radius 2 is 1.64 bits per heavy atom. The molecule has 0 aliphatic carbocycles. The van der Waals surface area contributed by atoms with E-state index in [1.54, 1.807) is 18.0 Å². The third-order valence-corrected chi connectivity index (χ3v) is 8.78. The summed E-state index contributed by atoms with van der Waals surface area (Å²) in [5, 5.41) is 24.1.